The van der Waals surface area contributed by atoms with Gasteiger partial charge in [0.05, 0.1) is 5.69 Å². The molecule has 1 aromatic rings. The molecule has 1 saturated heterocycles. The van der Waals surface area contributed by atoms with Gasteiger partial charge in [-0.2, -0.15) is 0 Å². The van der Waals surface area contributed by atoms with Crippen LogP contribution in [-0.4, -0.2) is 36.1 Å². The summed E-state index contributed by atoms with van der Waals surface area (Å²) < 4.78 is 14.3. The standard InChI is InChI=1S/C12H19FN4/c1-12(2,3)10-9(13)11(16-7-15-10)17-5-8(6-17)14-4/h7-8,14H,5-6H2,1-4H3. The molecule has 17 heavy (non-hydrogen) atoms. The Morgan fingerprint density at radius 3 is 2.53 bits per heavy atom. The highest BCUT2D eigenvalue weighted by Crippen LogP contribution is 2.29. The molecule has 0 spiro atoms. The maximum Gasteiger partial charge on any atom is 0.187 e. The molecule has 0 aliphatic carbocycles. The number of anilines is 1. The Kier molecular flexibility index (Phi) is 3.03. The third-order valence-electron chi connectivity index (χ3n) is 3.07. The first kappa shape index (κ1) is 12.2. The molecule has 0 saturated carbocycles. The number of halogens is 1. The van der Waals surface area contributed by atoms with E-state index in [1.54, 1.807) is 0 Å². The quantitative estimate of drug-likeness (QED) is 0.843. The van der Waals surface area contributed by atoms with E-state index in [0.29, 0.717) is 17.6 Å². The van der Waals surface area contributed by atoms with Crippen molar-refractivity contribution in [3.05, 3.63) is 17.8 Å². The second-order valence-electron chi connectivity index (χ2n) is 5.50. The van der Waals surface area contributed by atoms with E-state index in [2.05, 4.69) is 15.3 Å². The van der Waals surface area contributed by atoms with Crippen molar-refractivity contribution in [1.29, 1.82) is 0 Å². The van der Waals surface area contributed by atoms with Crippen molar-refractivity contribution in [2.24, 2.45) is 0 Å². The van der Waals surface area contributed by atoms with E-state index in [4.69, 9.17) is 0 Å². The van der Waals surface area contributed by atoms with Crippen molar-refractivity contribution >= 4 is 5.82 Å². The molecule has 0 bridgehead atoms. The van der Waals surface area contributed by atoms with Crippen LogP contribution in [0.2, 0.25) is 0 Å². The van der Waals surface area contributed by atoms with Crippen LogP contribution in [0.3, 0.4) is 0 Å². The molecular formula is C12H19FN4. The zero-order chi connectivity index (χ0) is 12.6. The van der Waals surface area contributed by atoms with Crippen LogP contribution in [-0.2, 0) is 5.41 Å². The fourth-order valence-corrected chi connectivity index (χ4v) is 1.94. The SMILES string of the molecule is CNC1CN(c2ncnc(C(C)(C)C)c2F)C1. The molecule has 5 heteroatoms. The van der Waals surface area contributed by atoms with E-state index in [1.165, 1.54) is 6.33 Å². The predicted octanol–water partition coefficient (Wildman–Crippen LogP) is 1.32. The zero-order valence-electron chi connectivity index (χ0n) is 10.8. The number of nitrogens with one attached hydrogen (secondary N) is 1. The number of nitrogens with zero attached hydrogens (tertiary/aromatic N) is 3. The van der Waals surface area contributed by atoms with Crippen molar-refractivity contribution in [3.63, 3.8) is 0 Å². The number of rotatable bonds is 2. The Morgan fingerprint density at radius 1 is 1.35 bits per heavy atom. The van der Waals surface area contributed by atoms with Crippen LogP contribution < -0.4 is 10.2 Å². The summed E-state index contributed by atoms with van der Waals surface area (Å²) in [5, 5.41) is 3.16. The minimum atomic E-state index is -0.297. The van der Waals surface area contributed by atoms with Crippen LogP contribution in [0.5, 0.6) is 0 Å². The molecule has 4 nitrogen and oxygen atoms in total. The smallest absolute Gasteiger partial charge is 0.187 e. The van der Waals surface area contributed by atoms with Gasteiger partial charge in [0.2, 0.25) is 0 Å². The fraction of sp³-hybridized carbons (Fsp3) is 0.667. The van der Waals surface area contributed by atoms with E-state index in [0.717, 1.165) is 13.1 Å². The van der Waals surface area contributed by atoms with Crippen molar-refractivity contribution in [3.8, 4) is 0 Å². The van der Waals surface area contributed by atoms with Gasteiger partial charge in [-0.05, 0) is 7.05 Å². The summed E-state index contributed by atoms with van der Waals surface area (Å²) in [6.45, 7) is 7.46. The van der Waals surface area contributed by atoms with Gasteiger partial charge in [-0.25, -0.2) is 14.4 Å². The molecule has 0 radical (unpaired) electrons. The van der Waals surface area contributed by atoms with E-state index in [-0.39, 0.29) is 11.2 Å². The lowest BCUT2D eigenvalue weighted by atomic mass is 9.91. The molecule has 1 aliphatic heterocycles. The van der Waals surface area contributed by atoms with Crippen LogP contribution in [0.4, 0.5) is 10.2 Å². The van der Waals surface area contributed by atoms with Crippen molar-refractivity contribution in [1.82, 2.24) is 15.3 Å². The number of hydrogen-bond donors (Lipinski definition) is 1. The number of hydrogen-bond acceptors (Lipinski definition) is 4. The van der Waals surface area contributed by atoms with Crippen LogP contribution in [0.25, 0.3) is 0 Å². The van der Waals surface area contributed by atoms with Crippen molar-refractivity contribution in [2.45, 2.75) is 32.2 Å². The molecule has 0 amide bonds. The van der Waals surface area contributed by atoms with Gasteiger partial charge in [0.1, 0.15) is 6.33 Å². The molecule has 0 unspecified atom stereocenters. The lowest BCUT2D eigenvalue weighted by molar-refractivity contribution is 0.430. The summed E-state index contributed by atoms with van der Waals surface area (Å²) in [7, 11) is 1.92. The van der Waals surface area contributed by atoms with Gasteiger partial charge in [-0.3, -0.25) is 0 Å². The maximum atomic E-state index is 14.3. The largest absolute Gasteiger partial charge is 0.351 e. The van der Waals surface area contributed by atoms with Crippen LogP contribution in [0.1, 0.15) is 26.5 Å². The monoisotopic (exact) mass is 238 g/mol. The first-order valence-corrected chi connectivity index (χ1v) is 5.86. The van der Waals surface area contributed by atoms with Gasteiger partial charge < -0.3 is 10.2 Å². The van der Waals surface area contributed by atoms with Gasteiger partial charge in [-0.15, -0.1) is 0 Å². The third-order valence-corrected chi connectivity index (χ3v) is 3.07. The number of likely N-dealkylation sites (N-methyl/N-ethyl adjacent to an activating group) is 1. The Balaban J connectivity index is 2.25. The molecule has 1 aromatic heterocycles. The average molecular weight is 238 g/mol. The Hall–Kier alpha value is -1.23. The minimum absolute atomic E-state index is 0.283. The fourth-order valence-electron chi connectivity index (χ4n) is 1.94. The Labute approximate surface area is 101 Å². The van der Waals surface area contributed by atoms with E-state index >= 15 is 0 Å². The summed E-state index contributed by atoms with van der Waals surface area (Å²) in [5.41, 5.74) is 0.185. The Bertz CT molecular complexity index is 407. The second kappa shape index (κ2) is 4.22. The first-order chi connectivity index (χ1) is 7.93. The van der Waals surface area contributed by atoms with Gasteiger partial charge in [0.25, 0.3) is 0 Å². The van der Waals surface area contributed by atoms with Gasteiger partial charge >= 0.3 is 0 Å². The molecule has 0 atom stereocenters. The molecule has 1 aliphatic rings. The third kappa shape index (κ3) is 2.24. The molecule has 1 fully saturated rings. The van der Waals surface area contributed by atoms with Crippen LogP contribution in [0.15, 0.2) is 6.33 Å². The topological polar surface area (TPSA) is 41.0 Å². The normalized spacial score (nSPS) is 17.1. The maximum absolute atomic E-state index is 14.3. The van der Waals surface area contributed by atoms with Crippen LogP contribution in [0, 0.1) is 5.82 Å². The van der Waals surface area contributed by atoms with Crippen molar-refractivity contribution < 1.29 is 4.39 Å². The minimum Gasteiger partial charge on any atom is -0.351 e. The summed E-state index contributed by atoms with van der Waals surface area (Å²) in [6, 6.07) is 0.433. The molecular weight excluding hydrogens is 219 g/mol. The highest BCUT2D eigenvalue weighted by atomic mass is 19.1. The van der Waals surface area contributed by atoms with Gasteiger partial charge in [0, 0.05) is 24.5 Å². The van der Waals surface area contributed by atoms with Crippen molar-refractivity contribution in [2.75, 3.05) is 25.0 Å². The Morgan fingerprint density at radius 2 is 2.00 bits per heavy atom. The zero-order valence-corrected chi connectivity index (χ0v) is 10.8. The second-order valence-corrected chi connectivity index (χ2v) is 5.50. The average Bonchev–Trinajstić information content (AvgIpc) is 2.17. The lowest BCUT2D eigenvalue weighted by Gasteiger charge is -2.40. The van der Waals surface area contributed by atoms with Crippen LogP contribution >= 0.6 is 0 Å². The molecule has 2 rings (SSSR count). The molecule has 0 aromatic carbocycles. The van der Waals surface area contributed by atoms with E-state index in [9.17, 15) is 4.39 Å². The summed E-state index contributed by atoms with van der Waals surface area (Å²) in [4.78, 5) is 10.1. The van der Waals surface area contributed by atoms with Gasteiger partial charge in [0.15, 0.2) is 11.6 Å². The predicted molar refractivity (Wildman–Crippen MR) is 65.8 cm³/mol. The highest BCUT2D eigenvalue weighted by molar-refractivity contribution is 5.45. The highest BCUT2D eigenvalue weighted by Gasteiger charge is 2.31. The molecule has 2 heterocycles. The number of aromatic nitrogens is 2. The summed E-state index contributed by atoms with van der Waals surface area (Å²) >= 11 is 0. The van der Waals surface area contributed by atoms with E-state index < -0.39 is 0 Å². The summed E-state index contributed by atoms with van der Waals surface area (Å²) in [5.74, 6) is 0.144. The van der Waals surface area contributed by atoms with Gasteiger partial charge in [-0.1, -0.05) is 20.8 Å². The first-order valence-electron chi connectivity index (χ1n) is 5.86. The molecule has 1 N–H and O–H groups in total. The summed E-state index contributed by atoms with van der Waals surface area (Å²) in [6.07, 6.45) is 1.45. The lowest BCUT2D eigenvalue weighted by Crippen LogP contribution is -2.57. The molecule has 94 valence electrons. The van der Waals surface area contributed by atoms with E-state index in [1.807, 2.05) is 32.7 Å².